The van der Waals surface area contributed by atoms with Crippen LogP contribution in [0.4, 0.5) is 5.82 Å². The molecular formula is C21H26N6OS. The molecule has 0 unspecified atom stereocenters. The third-order valence-electron chi connectivity index (χ3n) is 4.93. The van der Waals surface area contributed by atoms with Gasteiger partial charge >= 0.3 is 0 Å². The third-order valence-corrected chi connectivity index (χ3v) is 6.13. The van der Waals surface area contributed by atoms with Gasteiger partial charge in [-0.2, -0.15) is 5.10 Å². The topological polar surface area (TPSA) is 75.5 Å². The second-order valence-electron chi connectivity index (χ2n) is 6.94. The van der Waals surface area contributed by atoms with Gasteiger partial charge in [0, 0.05) is 37.1 Å². The number of nitrogens with one attached hydrogen (secondary N) is 3. The molecule has 3 N–H and O–H groups in total. The number of nitrogens with zero attached hydrogens (tertiary/aromatic N) is 3. The van der Waals surface area contributed by atoms with E-state index in [1.807, 2.05) is 18.6 Å². The molecular weight excluding hydrogens is 384 g/mol. The van der Waals surface area contributed by atoms with E-state index >= 15 is 0 Å². The van der Waals surface area contributed by atoms with Crippen molar-refractivity contribution in [2.75, 3.05) is 39.6 Å². The number of hydrogen-bond acceptors (Lipinski definition) is 7. The molecule has 0 amide bonds. The molecule has 0 aliphatic rings. The number of anilines is 1. The molecule has 1 aromatic carbocycles. The fourth-order valence-corrected chi connectivity index (χ4v) is 4.73. The summed E-state index contributed by atoms with van der Waals surface area (Å²) in [4.78, 5) is 5.62. The maximum absolute atomic E-state index is 5.62. The standard InChI is InChI=1S/C21H26N6OS/c1-13-7-14-9-18(29-20(14)17(8-13)28-4)16-10-15(11-24-6-5-22-2)27-19(16)21(23-3)25-12-26-27/h7-10,12,22,24H,5-6,11H2,1-4H3,(H,23,25,26). The van der Waals surface area contributed by atoms with Crippen LogP contribution in [-0.4, -0.2) is 48.9 Å². The molecule has 0 aliphatic carbocycles. The van der Waals surface area contributed by atoms with E-state index in [2.05, 4.69) is 57.2 Å². The van der Waals surface area contributed by atoms with Crippen molar-refractivity contribution in [3.63, 3.8) is 0 Å². The highest BCUT2D eigenvalue weighted by atomic mass is 32.1. The lowest BCUT2D eigenvalue weighted by atomic mass is 10.1. The van der Waals surface area contributed by atoms with Gasteiger partial charge in [0.05, 0.1) is 17.5 Å². The van der Waals surface area contributed by atoms with Crippen molar-refractivity contribution in [3.05, 3.63) is 41.9 Å². The number of aryl methyl sites for hydroxylation is 1. The van der Waals surface area contributed by atoms with E-state index in [0.29, 0.717) is 0 Å². The molecule has 0 fully saturated rings. The van der Waals surface area contributed by atoms with Gasteiger partial charge in [-0.3, -0.25) is 0 Å². The van der Waals surface area contributed by atoms with Crippen LogP contribution in [0.25, 0.3) is 26.0 Å². The lowest BCUT2D eigenvalue weighted by Gasteiger charge is -2.06. The number of hydrogen-bond donors (Lipinski definition) is 3. The van der Waals surface area contributed by atoms with E-state index in [4.69, 9.17) is 4.74 Å². The number of rotatable bonds is 8. The molecule has 3 aromatic heterocycles. The maximum Gasteiger partial charge on any atom is 0.154 e. The van der Waals surface area contributed by atoms with Gasteiger partial charge in [0.2, 0.25) is 0 Å². The van der Waals surface area contributed by atoms with Crippen molar-refractivity contribution in [3.8, 4) is 16.2 Å². The summed E-state index contributed by atoms with van der Waals surface area (Å²) in [5, 5.41) is 15.6. The lowest BCUT2D eigenvalue weighted by molar-refractivity contribution is 0.420. The van der Waals surface area contributed by atoms with Gasteiger partial charge in [-0.15, -0.1) is 11.3 Å². The first-order valence-corrected chi connectivity index (χ1v) is 10.4. The Morgan fingerprint density at radius 2 is 2.00 bits per heavy atom. The largest absolute Gasteiger partial charge is 0.495 e. The minimum Gasteiger partial charge on any atom is -0.495 e. The number of fused-ring (bicyclic) bond motifs is 2. The van der Waals surface area contributed by atoms with Crippen molar-refractivity contribution in [2.45, 2.75) is 13.5 Å². The van der Waals surface area contributed by atoms with Crippen LogP contribution in [0.2, 0.25) is 0 Å². The van der Waals surface area contributed by atoms with Crippen LogP contribution in [0, 0.1) is 6.92 Å². The minimum atomic E-state index is 0.732. The molecule has 0 spiro atoms. The Kier molecular flexibility index (Phi) is 5.66. The van der Waals surface area contributed by atoms with Crippen molar-refractivity contribution in [1.29, 1.82) is 0 Å². The van der Waals surface area contributed by atoms with Gasteiger partial charge in [-0.05, 0) is 43.1 Å². The molecule has 0 atom stereocenters. The summed E-state index contributed by atoms with van der Waals surface area (Å²) in [6.07, 6.45) is 1.59. The normalized spacial score (nSPS) is 11.4. The molecule has 4 aromatic rings. The fraction of sp³-hybridized carbons (Fsp3) is 0.333. The van der Waals surface area contributed by atoms with Gasteiger partial charge in [-0.1, -0.05) is 6.07 Å². The summed E-state index contributed by atoms with van der Waals surface area (Å²) in [6.45, 7) is 4.63. The first-order valence-electron chi connectivity index (χ1n) is 9.63. The zero-order valence-corrected chi connectivity index (χ0v) is 18.0. The van der Waals surface area contributed by atoms with Crippen molar-refractivity contribution in [1.82, 2.24) is 25.2 Å². The quantitative estimate of drug-likeness (QED) is 0.387. The molecule has 0 saturated carbocycles. The van der Waals surface area contributed by atoms with E-state index in [1.54, 1.807) is 24.8 Å². The molecule has 0 aliphatic heterocycles. The fourth-order valence-electron chi connectivity index (χ4n) is 3.58. The Hall–Kier alpha value is -2.68. The molecule has 7 nitrogen and oxygen atoms in total. The van der Waals surface area contributed by atoms with Gasteiger partial charge in [0.25, 0.3) is 0 Å². The number of methoxy groups -OCH3 is 1. The number of aromatic nitrogens is 3. The van der Waals surface area contributed by atoms with E-state index < -0.39 is 0 Å². The number of benzene rings is 1. The van der Waals surface area contributed by atoms with Crippen LogP contribution in [0.3, 0.4) is 0 Å². The monoisotopic (exact) mass is 410 g/mol. The summed E-state index contributed by atoms with van der Waals surface area (Å²) < 4.78 is 8.76. The summed E-state index contributed by atoms with van der Waals surface area (Å²) >= 11 is 1.74. The Bertz CT molecular complexity index is 1150. The van der Waals surface area contributed by atoms with Gasteiger partial charge in [0.1, 0.15) is 17.6 Å². The highest BCUT2D eigenvalue weighted by molar-refractivity contribution is 7.22. The molecule has 4 rings (SSSR count). The van der Waals surface area contributed by atoms with Crippen molar-refractivity contribution < 1.29 is 4.74 Å². The Labute approximate surface area is 174 Å². The lowest BCUT2D eigenvalue weighted by Crippen LogP contribution is -2.25. The maximum atomic E-state index is 5.62. The van der Waals surface area contributed by atoms with Crippen LogP contribution >= 0.6 is 11.3 Å². The molecule has 29 heavy (non-hydrogen) atoms. The van der Waals surface area contributed by atoms with Crippen LogP contribution in [-0.2, 0) is 6.54 Å². The van der Waals surface area contributed by atoms with Gasteiger partial charge in [-0.25, -0.2) is 9.50 Å². The van der Waals surface area contributed by atoms with Crippen LogP contribution < -0.4 is 20.7 Å². The Morgan fingerprint density at radius 3 is 2.76 bits per heavy atom. The Morgan fingerprint density at radius 1 is 1.14 bits per heavy atom. The van der Waals surface area contributed by atoms with E-state index in [0.717, 1.165) is 52.7 Å². The highest BCUT2D eigenvalue weighted by Gasteiger charge is 2.18. The van der Waals surface area contributed by atoms with Crippen LogP contribution in [0.5, 0.6) is 5.75 Å². The van der Waals surface area contributed by atoms with Gasteiger partial charge in [0.15, 0.2) is 5.82 Å². The van der Waals surface area contributed by atoms with E-state index in [9.17, 15) is 0 Å². The van der Waals surface area contributed by atoms with Gasteiger partial charge < -0.3 is 20.7 Å². The third kappa shape index (κ3) is 3.66. The number of ether oxygens (including phenoxy) is 1. The van der Waals surface area contributed by atoms with E-state index in [-0.39, 0.29) is 0 Å². The van der Waals surface area contributed by atoms with Crippen molar-refractivity contribution >= 4 is 32.8 Å². The molecule has 3 heterocycles. The van der Waals surface area contributed by atoms with Crippen molar-refractivity contribution in [2.24, 2.45) is 0 Å². The summed E-state index contributed by atoms with van der Waals surface area (Å²) in [6, 6.07) is 8.72. The average Bonchev–Trinajstić information content (AvgIpc) is 3.32. The number of likely N-dealkylation sites (N-methyl/N-ethyl adjacent to an activating group) is 1. The summed E-state index contributed by atoms with van der Waals surface area (Å²) in [5.41, 5.74) is 4.41. The zero-order valence-electron chi connectivity index (χ0n) is 17.2. The molecule has 0 saturated heterocycles. The molecule has 8 heteroatoms. The smallest absolute Gasteiger partial charge is 0.154 e. The SMILES string of the molecule is CNCCNCc1cc(-c2cc3cc(C)cc(OC)c3s2)c2c(NC)ncnn12. The molecule has 0 bridgehead atoms. The van der Waals surface area contributed by atoms with Crippen LogP contribution in [0.1, 0.15) is 11.3 Å². The minimum absolute atomic E-state index is 0.732. The number of thiophene rings is 1. The first-order chi connectivity index (χ1) is 14.2. The predicted octanol–water partition coefficient (Wildman–Crippen LogP) is 3.28. The summed E-state index contributed by atoms with van der Waals surface area (Å²) in [7, 11) is 5.57. The average molecular weight is 411 g/mol. The molecule has 152 valence electrons. The Balaban J connectivity index is 1.85. The summed E-state index contributed by atoms with van der Waals surface area (Å²) in [5.74, 6) is 1.73. The second kappa shape index (κ2) is 8.36. The van der Waals surface area contributed by atoms with Crippen LogP contribution in [0.15, 0.2) is 30.6 Å². The predicted molar refractivity (Wildman–Crippen MR) is 120 cm³/mol. The zero-order chi connectivity index (χ0) is 20.4. The second-order valence-corrected chi connectivity index (χ2v) is 8.00. The van der Waals surface area contributed by atoms with E-state index in [1.165, 1.54) is 15.8 Å². The molecule has 0 radical (unpaired) electrons. The highest BCUT2D eigenvalue weighted by Crippen LogP contribution is 2.42. The first kappa shape index (κ1) is 19.6.